The number of rotatable bonds is 6. The molecular weight excluding hydrogens is 266 g/mol. The number of hydrogen-bond acceptors (Lipinski definition) is 3. The number of nitrogens with one attached hydrogen (secondary N) is 1. The molecular formula is C13H19NO4S. The highest BCUT2D eigenvalue weighted by atomic mass is 32.2. The van der Waals surface area contributed by atoms with E-state index < -0.39 is 22.0 Å². The second-order valence-corrected chi connectivity index (χ2v) is 6.41. The van der Waals surface area contributed by atoms with Crippen molar-refractivity contribution in [3.05, 3.63) is 29.3 Å². The van der Waals surface area contributed by atoms with Gasteiger partial charge in [-0.2, -0.15) is 0 Å². The molecule has 0 fully saturated rings. The van der Waals surface area contributed by atoms with Crippen molar-refractivity contribution in [3.8, 4) is 0 Å². The SMILES string of the molecule is Cc1ccc(S(=O)(=O)NC(C)CCC(=O)O)cc1C. The molecule has 0 amide bonds. The van der Waals surface area contributed by atoms with Crippen LogP contribution in [0, 0.1) is 13.8 Å². The number of aryl methyl sites for hydroxylation is 2. The van der Waals surface area contributed by atoms with Crippen LogP contribution in [0.15, 0.2) is 23.1 Å². The Morgan fingerprint density at radius 1 is 1.32 bits per heavy atom. The van der Waals surface area contributed by atoms with Gasteiger partial charge in [-0.25, -0.2) is 13.1 Å². The quantitative estimate of drug-likeness (QED) is 0.835. The Morgan fingerprint density at radius 2 is 1.95 bits per heavy atom. The molecule has 0 saturated heterocycles. The van der Waals surface area contributed by atoms with Gasteiger partial charge in [-0.05, 0) is 50.5 Å². The van der Waals surface area contributed by atoms with E-state index in [9.17, 15) is 13.2 Å². The van der Waals surface area contributed by atoms with E-state index in [1.807, 2.05) is 13.8 Å². The molecule has 1 aromatic rings. The topological polar surface area (TPSA) is 83.5 Å². The molecule has 0 aliphatic rings. The third-order valence-electron chi connectivity index (χ3n) is 2.94. The minimum atomic E-state index is -3.59. The molecule has 0 aliphatic heterocycles. The first-order valence-electron chi connectivity index (χ1n) is 6.04. The maximum atomic E-state index is 12.1. The van der Waals surface area contributed by atoms with Crippen molar-refractivity contribution in [2.75, 3.05) is 0 Å². The number of carbonyl (C=O) groups is 1. The van der Waals surface area contributed by atoms with E-state index in [0.29, 0.717) is 0 Å². The smallest absolute Gasteiger partial charge is 0.303 e. The molecule has 6 heteroatoms. The van der Waals surface area contributed by atoms with Crippen LogP contribution in [0.5, 0.6) is 0 Å². The molecule has 5 nitrogen and oxygen atoms in total. The first kappa shape index (κ1) is 15.7. The van der Waals surface area contributed by atoms with Crippen LogP contribution >= 0.6 is 0 Å². The molecule has 1 unspecified atom stereocenters. The summed E-state index contributed by atoms with van der Waals surface area (Å²) < 4.78 is 26.7. The van der Waals surface area contributed by atoms with Gasteiger partial charge in [0.15, 0.2) is 0 Å². The van der Waals surface area contributed by atoms with Crippen molar-refractivity contribution in [2.24, 2.45) is 0 Å². The van der Waals surface area contributed by atoms with Crippen LogP contribution in [0.3, 0.4) is 0 Å². The molecule has 0 heterocycles. The molecule has 106 valence electrons. The first-order valence-corrected chi connectivity index (χ1v) is 7.52. The van der Waals surface area contributed by atoms with Gasteiger partial charge in [-0.1, -0.05) is 6.07 Å². The van der Waals surface area contributed by atoms with Crippen molar-refractivity contribution < 1.29 is 18.3 Å². The van der Waals surface area contributed by atoms with Crippen LogP contribution < -0.4 is 4.72 Å². The number of carboxylic acids is 1. The van der Waals surface area contributed by atoms with Crippen molar-refractivity contribution in [3.63, 3.8) is 0 Å². The van der Waals surface area contributed by atoms with Crippen LogP contribution in [0.2, 0.25) is 0 Å². The van der Waals surface area contributed by atoms with Gasteiger partial charge in [0.2, 0.25) is 10.0 Å². The van der Waals surface area contributed by atoms with E-state index in [4.69, 9.17) is 5.11 Å². The van der Waals surface area contributed by atoms with Crippen molar-refractivity contribution in [1.82, 2.24) is 4.72 Å². The van der Waals surface area contributed by atoms with Crippen LogP contribution in [-0.2, 0) is 14.8 Å². The monoisotopic (exact) mass is 285 g/mol. The molecule has 0 aliphatic carbocycles. The van der Waals surface area contributed by atoms with E-state index >= 15 is 0 Å². The van der Waals surface area contributed by atoms with E-state index in [1.54, 1.807) is 25.1 Å². The molecule has 1 atom stereocenters. The molecule has 0 radical (unpaired) electrons. The fourth-order valence-electron chi connectivity index (χ4n) is 1.61. The molecule has 2 N–H and O–H groups in total. The third-order valence-corrected chi connectivity index (χ3v) is 4.52. The molecule has 0 spiro atoms. The van der Waals surface area contributed by atoms with Crippen LogP contribution in [0.4, 0.5) is 0 Å². The molecule has 0 saturated carbocycles. The minimum Gasteiger partial charge on any atom is -0.481 e. The van der Waals surface area contributed by atoms with E-state index in [0.717, 1.165) is 11.1 Å². The Hall–Kier alpha value is -1.40. The second kappa shape index (κ2) is 6.16. The van der Waals surface area contributed by atoms with Gasteiger partial charge in [-0.3, -0.25) is 4.79 Å². The highest BCUT2D eigenvalue weighted by molar-refractivity contribution is 7.89. The average molecular weight is 285 g/mol. The summed E-state index contributed by atoms with van der Waals surface area (Å²) in [5.41, 5.74) is 1.93. The van der Waals surface area contributed by atoms with Gasteiger partial charge >= 0.3 is 5.97 Å². The van der Waals surface area contributed by atoms with E-state index in [-0.39, 0.29) is 17.7 Å². The normalized spacial score (nSPS) is 13.2. The maximum Gasteiger partial charge on any atom is 0.303 e. The van der Waals surface area contributed by atoms with Gasteiger partial charge in [0.1, 0.15) is 0 Å². The summed E-state index contributed by atoms with van der Waals surface area (Å²) in [5.74, 6) is -0.933. The zero-order valence-corrected chi connectivity index (χ0v) is 12.1. The lowest BCUT2D eigenvalue weighted by Gasteiger charge is -2.14. The highest BCUT2D eigenvalue weighted by Crippen LogP contribution is 2.15. The highest BCUT2D eigenvalue weighted by Gasteiger charge is 2.18. The Labute approximate surface area is 113 Å². The predicted molar refractivity (Wildman–Crippen MR) is 72.6 cm³/mol. The number of aliphatic carboxylic acids is 1. The van der Waals surface area contributed by atoms with Crippen molar-refractivity contribution in [2.45, 2.75) is 44.6 Å². The Balaban J connectivity index is 2.80. The van der Waals surface area contributed by atoms with Gasteiger partial charge in [-0.15, -0.1) is 0 Å². The van der Waals surface area contributed by atoms with E-state index in [2.05, 4.69) is 4.72 Å². The second-order valence-electron chi connectivity index (χ2n) is 4.70. The zero-order valence-electron chi connectivity index (χ0n) is 11.3. The van der Waals surface area contributed by atoms with Crippen molar-refractivity contribution in [1.29, 1.82) is 0 Å². The maximum absolute atomic E-state index is 12.1. The van der Waals surface area contributed by atoms with Crippen LogP contribution in [-0.4, -0.2) is 25.5 Å². The van der Waals surface area contributed by atoms with Gasteiger partial charge in [0.05, 0.1) is 4.90 Å². The lowest BCUT2D eigenvalue weighted by molar-refractivity contribution is -0.137. The standard InChI is InChI=1S/C13H19NO4S/c1-9-4-6-12(8-10(9)2)19(17,18)14-11(3)5-7-13(15)16/h4,6,8,11,14H,5,7H2,1-3H3,(H,15,16). The van der Waals surface area contributed by atoms with E-state index in [1.165, 1.54) is 0 Å². The molecule has 0 aromatic heterocycles. The summed E-state index contributed by atoms with van der Waals surface area (Å²) in [6.07, 6.45) is 0.204. The Morgan fingerprint density at radius 3 is 2.47 bits per heavy atom. The first-order chi connectivity index (χ1) is 8.72. The summed E-state index contributed by atoms with van der Waals surface area (Å²) in [6, 6.07) is 4.50. The minimum absolute atomic E-state index is 0.0589. The summed E-state index contributed by atoms with van der Waals surface area (Å²) in [6.45, 7) is 5.42. The number of benzene rings is 1. The summed E-state index contributed by atoms with van der Waals surface area (Å²) in [5, 5.41) is 8.57. The summed E-state index contributed by atoms with van der Waals surface area (Å²) >= 11 is 0. The van der Waals surface area contributed by atoms with Crippen LogP contribution in [0.25, 0.3) is 0 Å². The molecule has 1 aromatic carbocycles. The van der Waals surface area contributed by atoms with Crippen LogP contribution in [0.1, 0.15) is 30.9 Å². The third kappa shape index (κ3) is 4.65. The predicted octanol–water partition coefficient (Wildman–Crippen LogP) is 1.84. The average Bonchev–Trinajstić information content (AvgIpc) is 2.29. The number of carboxylic acid groups (broad SMARTS) is 1. The van der Waals surface area contributed by atoms with Gasteiger partial charge < -0.3 is 5.11 Å². The Kier molecular flexibility index (Phi) is 5.08. The number of hydrogen-bond donors (Lipinski definition) is 2. The summed E-state index contributed by atoms with van der Waals surface area (Å²) in [4.78, 5) is 10.7. The zero-order chi connectivity index (χ0) is 14.6. The van der Waals surface area contributed by atoms with Crippen molar-refractivity contribution >= 4 is 16.0 Å². The lowest BCUT2D eigenvalue weighted by atomic mass is 10.1. The fraction of sp³-hybridized carbons (Fsp3) is 0.462. The molecule has 1 rings (SSSR count). The van der Waals surface area contributed by atoms with Gasteiger partial charge in [0, 0.05) is 12.5 Å². The summed E-state index contributed by atoms with van der Waals surface area (Å²) in [7, 11) is -3.59. The molecule has 19 heavy (non-hydrogen) atoms. The fourth-order valence-corrected chi connectivity index (χ4v) is 2.98. The Bertz CT molecular complexity index is 566. The van der Waals surface area contributed by atoms with Gasteiger partial charge in [0.25, 0.3) is 0 Å². The number of sulfonamides is 1. The lowest BCUT2D eigenvalue weighted by Crippen LogP contribution is -2.33. The largest absolute Gasteiger partial charge is 0.481 e. The molecule has 0 bridgehead atoms.